The number of carbonyl (C=O) groups is 11. The zero-order valence-corrected chi connectivity index (χ0v) is 47.0. The zero-order valence-electron chi connectivity index (χ0n) is 47.0. The summed E-state index contributed by atoms with van der Waals surface area (Å²) < 4.78 is 21.3. The van der Waals surface area contributed by atoms with Crippen LogP contribution < -0.4 is 31.9 Å². The van der Waals surface area contributed by atoms with Crippen molar-refractivity contribution in [3.8, 4) is 0 Å². The molecule has 0 aliphatic heterocycles. The lowest BCUT2D eigenvalue weighted by atomic mass is 9.97. The van der Waals surface area contributed by atoms with Crippen molar-refractivity contribution in [2.45, 2.75) is 185 Å². The van der Waals surface area contributed by atoms with Gasteiger partial charge in [0.05, 0.1) is 51.6 Å². The van der Waals surface area contributed by atoms with Crippen LogP contribution in [0.3, 0.4) is 0 Å². The lowest BCUT2D eigenvalue weighted by Gasteiger charge is -2.16. The predicted octanol–water partition coefficient (Wildman–Crippen LogP) is 2.19. The van der Waals surface area contributed by atoms with Crippen LogP contribution in [-0.4, -0.2) is 195 Å². The first-order valence-electron chi connectivity index (χ1n) is 28.3. The minimum absolute atomic E-state index is 0.00993. The van der Waals surface area contributed by atoms with Crippen LogP contribution >= 0.6 is 0 Å². The quantitative estimate of drug-likeness (QED) is 0.0389. The monoisotopic (exact) mass is 1150 g/mol. The predicted molar refractivity (Wildman–Crippen MR) is 290 cm³/mol. The zero-order chi connectivity index (χ0) is 59.6. The van der Waals surface area contributed by atoms with E-state index in [1.165, 1.54) is 32.1 Å². The van der Waals surface area contributed by atoms with E-state index in [1.54, 1.807) is 7.05 Å². The average Bonchev–Trinajstić information content (AvgIpc) is 3.41. The number of ether oxygens (including phenoxy) is 4. The Balaban J connectivity index is 3.98. The van der Waals surface area contributed by atoms with Crippen LogP contribution in [0.25, 0.3) is 0 Å². The highest BCUT2D eigenvalue weighted by Gasteiger charge is 2.26. The first kappa shape index (κ1) is 74.3. The molecule has 0 heterocycles. The van der Waals surface area contributed by atoms with Crippen LogP contribution in [-0.2, 0) is 71.7 Å². The van der Waals surface area contributed by atoms with Crippen LogP contribution in [0.5, 0.6) is 0 Å². The third kappa shape index (κ3) is 45.1. The summed E-state index contributed by atoms with van der Waals surface area (Å²) in [5.74, 6) is -9.14. The molecule has 0 bridgehead atoms. The van der Waals surface area contributed by atoms with E-state index in [1.807, 2.05) is 0 Å². The van der Waals surface area contributed by atoms with Gasteiger partial charge < -0.3 is 76.4 Å². The molecular formula is C54H94N6O20. The SMILES string of the molecule is CN[C@@H](CCCCNC(=O)CC[C@H](NC(=O)CC[C@H](CC(=O)COCCOCCNC(=O)COCCOCCNC(=O)CC[C@H](NC(=O)CCCCCCCCCCCCCCCCC(=O)O)C(=O)O)C(=O)O)C(=O)O)C(=O)CO. The summed E-state index contributed by atoms with van der Waals surface area (Å²) in [6, 6.07) is -3.08. The molecule has 460 valence electrons. The normalized spacial score (nSPS) is 12.6. The van der Waals surface area contributed by atoms with Gasteiger partial charge in [0.15, 0.2) is 11.6 Å². The number of carboxylic acid groups (broad SMARTS) is 4. The van der Waals surface area contributed by atoms with E-state index in [-0.39, 0.29) is 129 Å². The van der Waals surface area contributed by atoms with E-state index in [9.17, 15) is 68.1 Å². The molecule has 0 aliphatic carbocycles. The molecule has 0 spiro atoms. The fraction of sp³-hybridized carbons (Fsp3) is 0.796. The highest BCUT2D eigenvalue weighted by atomic mass is 16.5. The topological polar surface area (TPSA) is 398 Å². The lowest BCUT2D eigenvalue weighted by molar-refractivity contribution is -0.145. The minimum atomic E-state index is -1.41. The third-order valence-corrected chi connectivity index (χ3v) is 12.7. The number of likely N-dealkylation sites (N-methyl/N-ethyl adjacent to an activating group) is 1. The molecule has 26 heteroatoms. The molecule has 4 atom stereocenters. The minimum Gasteiger partial charge on any atom is -0.481 e. The van der Waals surface area contributed by atoms with Gasteiger partial charge in [-0.3, -0.25) is 43.2 Å². The van der Waals surface area contributed by atoms with Crippen LogP contribution in [0.2, 0.25) is 0 Å². The van der Waals surface area contributed by atoms with Crippen molar-refractivity contribution < 1.29 is 97.2 Å². The standard InChI is InChI=1S/C54H94N6O20/c1-55-42(45(63)37-61)18-16-17-27-56-46(64)25-22-44(54(75)76)60-49(67)24-21-40(52(71)72)36-41(62)38-79-34-32-78-31-29-58-50(68)39-80-35-33-77-30-28-57-47(65)26-23-43(53(73)74)59-48(66)19-14-12-10-8-6-4-2-3-5-7-9-11-13-15-20-51(69)70/h40,42-44,55,61H,2-39H2,1H3,(H,56,64)(H,57,65)(H,58,68)(H,59,66)(H,60,67)(H,69,70)(H,71,72)(H,73,74)(H,75,76)/t40-,42+,43+,44+/m1/s1. The van der Waals surface area contributed by atoms with Crippen molar-refractivity contribution in [3.05, 3.63) is 0 Å². The van der Waals surface area contributed by atoms with Crippen LogP contribution in [0, 0.1) is 5.92 Å². The van der Waals surface area contributed by atoms with Gasteiger partial charge in [-0.1, -0.05) is 77.0 Å². The molecule has 0 rings (SSSR count). The number of amides is 5. The molecule has 0 aliphatic rings. The fourth-order valence-electron chi connectivity index (χ4n) is 8.06. The van der Waals surface area contributed by atoms with Crippen molar-refractivity contribution in [1.82, 2.24) is 31.9 Å². The Bertz CT molecular complexity index is 1810. The van der Waals surface area contributed by atoms with E-state index < -0.39 is 97.0 Å². The van der Waals surface area contributed by atoms with Crippen molar-refractivity contribution in [3.63, 3.8) is 0 Å². The highest BCUT2D eigenvalue weighted by molar-refractivity contribution is 5.87. The third-order valence-electron chi connectivity index (χ3n) is 12.7. The van der Waals surface area contributed by atoms with Crippen LogP contribution in [0.1, 0.15) is 167 Å². The summed E-state index contributed by atoms with van der Waals surface area (Å²) in [7, 11) is 1.60. The highest BCUT2D eigenvalue weighted by Crippen LogP contribution is 2.15. The second-order valence-electron chi connectivity index (χ2n) is 19.5. The van der Waals surface area contributed by atoms with E-state index in [0.717, 1.165) is 51.4 Å². The summed E-state index contributed by atoms with van der Waals surface area (Å²) in [6.07, 6.45) is 15.1. The molecule has 0 saturated heterocycles. The second-order valence-corrected chi connectivity index (χ2v) is 19.5. The maximum Gasteiger partial charge on any atom is 0.326 e. The van der Waals surface area contributed by atoms with Gasteiger partial charge in [0.2, 0.25) is 29.5 Å². The number of ketones is 2. The van der Waals surface area contributed by atoms with E-state index in [0.29, 0.717) is 25.7 Å². The van der Waals surface area contributed by atoms with Crippen molar-refractivity contribution in [2.75, 3.05) is 86.1 Å². The Hall–Kier alpha value is -5.67. The van der Waals surface area contributed by atoms with Crippen LogP contribution in [0.4, 0.5) is 0 Å². The number of hydrogen-bond acceptors (Lipinski definition) is 17. The fourth-order valence-corrected chi connectivity index (χ4v) is 8.06. The maximum absolute atomic E-state index is 12.5. The summed E-state index contributed by atoms with van der Waals surface area (Å²) in [6.45, 7) is -0.111. The van der Waals surface area contributed by atoms with Crippen molar-refractivity contribution in [2.24, 2.45) is 5.92 Å². The van der Waals surface area contributed by atoms with Gasteiger partial charge >= 0.3 is 23.9 Å². The largest absolute Gasteiger partial charge is 0.481 e. The summed E-state index contributed by atoms with van der Waals surface area (Å²) >= 11 is 0. The Kier molecular flexibility index (Phi) is 46.7. The van der Waals surface area contributed by atoms with E-state index >= 15 is 0 Å². The Morgan fingerprint density at radius 3 is 1.27 bits per heavy atom. The van der Waals surface area contributed by atoms with Gasteiger partial charge in [0, 0.05) is 58.2 Å². The number of carbonyl (C=O) groups excluding carboxylic acids is 7. The molecular weight excluding hydrogens is 1050 g/mol. The molecule has 80 heavy (non-hydrogen) atoms. The lowest BCUT2D eigenvalue weighted by Crippen LogP contribution is -2.42. The molecule has 0 aromatic carbocycles. The number of nitrogens with one attached hydrogen (secondary N) is 6. The van der Waals surface area contributed by atoms with E-state index in [4.69, 9.17) is 29.2 Å². The molecule has 26 nitrogen and oxygen atoms in total. The molecule has 0 saturated carbocycles. The van der Waals surface area contributed by atoms with Gasteiger partial charge in [0.25, 0.3) is 0 Å². The van der Waals surface area contributed by atoms with Gasteiger partial charge in [-0.05, 0) is 58.4 Å². The first-order chi connectivity index (χ1) is 38.4. The Morgan fingerprint density at radius 2 is 0.812 bits per heavy atom. The number of unbranched alkanes of at least 4 members (excludes halogenated alkanes) is 14. The molecule has 5 amide bonds. The van der Waals surface area contributed by atoms with Crippen LogP contribution in [0.15, 0.2) is 0 Å². The Labute approximate surface area is 470 Å². The number of carboxylic acids is 4. The number of aliphatic carboxylic acids is 4. The van der Waals surface area contributed by atoms with Gasteiger partial charge in [-0.15, -0.1) is 0 Å². The van der Waals surface area contributed by atoms with Gasteiger partial charge in [0.1, 0.15) is 31.9 Å². The van der Waals surface area contributed by atoms with Gasteiger partial charge in [-0.2, -0.15) is 0 Å². The number of aliphatic hydroxyl groups excluding tert-OH is 1. The number of rotatable bonds is 57. The smallest absolute Gasteiger partial charge is 0.326 e. The summed E-state index contributed by atoms with van der Waals surface area (Å²) in [5.41, 5.74) is 0. The first-order valence-corrected chi connectivity index (χ1v) is 28.3. The second kappa shape index (κ2) is 50.3. The van der Waals surface area contributed by atoms with Gasteiger partial charge in [-0.25, -0.2) is 9.59 Å². The molecule has 0 aromatic rings. The van der Waals surface area contributed by atoms with Crippen molar-refractivity contribution >= 4 is 65.0 Å². The Morgan fingerprint density at radius 1 is 0.388 bits per heavy atom. The summed E-state index contributed by atoms with van der Waals surface area (Å²) in [5, 5.41) is 61.8. The molecule has 0 unspecified atom stereocenters. The van der Waals surface area contributed by atoms with Crippen molar-refractivity contribution in [1.29, 1.82) is 0 Å². The summed E-state index contributed by atoms with van der Waals surface area (Å²) in [4.78, 5) is 131. The number of Topliss-reactive ketones (excluding diaryl/α,β-unsaturated/α-hetero) is 2. The molecule has 11 N–H and O–H groups in total. The molecule has 0 fully saturated rings. The average molecular weight is 1150 g/mol. The molecule has 0 aromatic heterocycles. The number of hydrogen-bond donors (Lipinski definition) is 11. The van der Waals surface area contributed by atoms with E-state index in [2.05, 4.69) is 31.9 Å². The maximum atomic E-state index is 12.5. The number of aliphatic hydroxyl groups is 1. The molecule has 0 radical (unpaired) electrons.